The third-order valence-electron chi connectivity index (χ3n) is 3.24. The van der Waals surface area contributed by atoms with E-state index < -0.39 is 24.6 Å². The Morgan fingerprint density at radius 1 is 1.24 bits per heavy atom. The Bertz CT molecular complexity index is 448. The van der Waals surface area contributed by atoms with E-state index in [-0.39, 0.29) is 13.0 Å². The van der Waals surface area contributed by atoms with Gasteiger partial charge in [0.25, 0.3) is 0 Å². The SMILES string of the molecule is CCCN(CCC(O)c1ccc(C)c(F)c1)CC(F)(F)F. The molecular formula is C15H21F4NO. The van der Waals surface area contributed by atoms with Crippen LogP contribution >= 0.6 is 0 Å². The van der Waals surface area contributed by atoms with Crippen LogP contribution in [0, 0.1) is 12.7 Å². The molecule has 1 N–H and O–H groups in total. The molecule has 0 aromatic heterocycles. The Morgan fingerprint density at radius 3 is 2.43 bits per heavy atom. The molecule has 0 aliphatic carbocycles. The van der Waals surface area contributed by atoms with E-state index in [4.69, 9.17) is 0 Å². The molecule has 1 atom stereocenters. The van der Waals surface area contributed by atoms with Crippen molar-refractivity contribution in [2.24, 2.45) is 0 Å². The first-order valence-electron chi connectivity index (χ1n) is 6.96. The van der Waals surface area contributed by atoms with Crippen molar-refractivity contribution in [1.29, 1.82) is 0 Å². The monoisotopic (exact) mass is 307 g/mol. The second kappa shape index (κ2) is 7.75. The fourth-order valence-electron chi connectivity index (χ4n) is 2.13. The largest absolute Gasteiger partial charge is 0.401 e. The number of aliphatic hydroxyl groups excluding tert-OH is 1. The lowest BCUT2D eigenvalue weighted by Crippen LogP contribution is -2.36. The Labute approximate surface area is 122 Å². The molecule has 0 amide bonds. The summed E-state index contributed by atoms with van der Waals surface area (Å²) in [7, 11) is 0. The van der Waals surface area contributed by atoms with Crippen LogP contribution in [0.5, 0.6) is 0 Å². The highest BCUT2D eigenvalue weighted by Gasteiger charge is 2.30. The van der Waals surface area contributed by atoms with Gasteiger partial charge in [0, 0.05) is 6.54 Å². The van der Waals surface area contributed by atoms with Crippen molar-refractivity contribution in [2.75, 3.05) is 19.6 Å². The van der Waals surface area contributed by atoms with Gasteiger partial charge in [-0.2, -0.15) is 13.2 Å². The molecule has 0 aliphatic heterocycles. The number of aliphatic hydroxyl groups is 1. The summed E-state index contributed by atoms with van der Waals surface area (Å²) in [4.78, 5) is 1.26. The van der Waals surface area contributed by atoms with Crippen molar-refractivity contribution >= 4 is 0 Å². The number of hydrogen-bond acceptors (Lipinski definition) is 2. The zero-order valence-corrected chi connectivity index (χ0v) is 12.3. The second-order valence-electron chi connectivity index (χ2n) is 5.20. The number of nitrogens with zero attached hydrogens (tertiary/aromatic N) is 1. The maximum Gasteiger partial charge on any atom is 0.401 e. The van der Waals surface area contributed by atoms with E-state index in [1.165, 1.54) is 11.0 Å². The minimum atomic E-state index is -4.25. The average molecular weight is 307 g/mol. The Hall–Kier alpha value is -1.14. The van der Waals surface area contributed by atoms with E-state index >= 15 is 0 Å². The van der Waals surface area contributed by atoms with E-state index in [0.29, 0.717) is 24.1 Å². The number of rotatable bonds is 7. The van der Waals surface area contributed by atoms with Crippen LogP contribution in [-0.2, 0) is 0 Å². The zero-order valence-electron chi connectivity index (χ0n) is 12.3. The van der Waals surface area contributed by atoms with Gasteiger partial charge in [0.05, 0.1) is 12.6 Å². The van der Waals surface area contributed by atoms with E-state index in [0.717, 1.165) is 0 Å². The lowest BCUT2D eigenvalue weighted by molar-refractivity contribution is -0.146. The van der Waals surface area contributed by atoms with E-state index in [1.807, 2.05) is 0 Å². The van der Waals surface area contributed by atoms with Crippen molar-refractivity contribution in [1.82, 2.24) is 4.90 Å². The molecule has 1 aromatic carbocycles. The maximum atomic E-state index is 13.4. The maximum absolute atomic E-state index is 13.4. The summed E-state index contributed by atoms with van der Waals surface area (Å²) >= 11 is 0. The summed E-state index contributed by atoms with van der Waals surface area (Å²) in [6.45, 7) is 2.85. The smallest absolute Gasteiger partial charge is 0.388 e. The lowest BCUT2D eigenvalue weighted by Gasteiger charge is -2.24. The molecule has 0 saturated carbocycles. The lowest BCUT2D eigenvalue weighted by atomic mass is 10.0. The molecule has 1 rings (SSSR count). The first-order chi connectivity index (χ1) is 9.73. The van der Waals surface area contributed by atoms with E-state index in [1.54, 1.807) is 26.0 Å². The highest BCUT2D eigenvalue weighted by molar-refractivity contribution is 5.24. The third kappa shape index (κ3) is 6.44. The molecule has 6 heteroatoms. The summed E-state index contributed by atoms with van der Waals surface area (Å²) in [5.41, 5.74) is 0.859. The summed E-state index contributed by atoms with van der Waals surface area (Å²) in [6.07, 6.45) is -4.48. The Kier molecular flexibility index (Phi) is 6.61. The standard InChI is InChI=1S/C15H21F4NO/c1-3-7-20(10-15(17,18)19)8-6-14(21)12-5-4-11(2)13(16)9-12/h4-5,9,14,21H,3,6-8,10H2,1-2H3. The van der Waals surface area contributed by atoms with Crippen molar-refractivity contribution in [2.45, 2.75) is 39.0 Å². The Balaban J connectivity index is 2.59. The number of alkyl halides is 3. The zero-order chi connectivity index (χ0) is 16.0. The molecule has 0 bridgehead atoms. The van der Waals surface area contributed by atoms with Crippen LogP contribution in [0.3, 0.4) is 0 Å². The number of halogens is 4. The topological polar surface area (TPSA) is 23.5 Å². The minimum absolute atomic E-state index is 0.115. The van der Waals surface area contributed by atoms with Gasteiger partial charge in [-0.05, 0) is 43.5 Å². The number of aryl methyl sites for hydroxylation is 1. The van der Waals surface area contributed by atoms with Crippen LogP contribution in [0.15, 0.2) is 18.2 Å². The quantitative estimate of drug-likeness (QED) is 0.774. The highest BCUT2D eigenvalue weighted by Crippen LogP contribution is 2.21. The molecule has 1 aromatic rings. The molecule has 0 radical (unpaired) electrons. The fraction of sp³-hybridized carbons (Fsp3) is 0.600. The van der Waals surface area contributed by atoms with Gasteiger partial charge in [-0.25, -0.2) is 4.39 Å². The molecule has 0 aliphatic rings. The average Bonchev–Trinajstić information content (AvgIpc) is 2.37. The second-order valence-corrected chi connectivity index (χ2v) is 5.20. The summed E-state index contributed by atoms with van der Waals surface area (Å²) < 4.78 is 50.7. The van der Waals surface area contributed by atoms with Gasteiger partial charge < -0.3 is 5.11 Å². The molecule has 0 heterocycles. The molecule has 120 valence electrons. The van der Waals surface area contributed by atoms with Crippen molar-refractivity contribution < 1.29 is 22.7 Å². The number of benzene rings is 1. The van der Waals surface area contributed by atoms with Gasteiger partial charge >= 0.3 is 6.18 Å². The van der Waals surface area contributed by atoms with Gasteiger partial charge in [-0.3, -0.25) is 4.90 Å². The third-order valence-corrected chi connectivity index (χ3v) is 3.24. The van der Waals surface area contributed by atoms with Crippen molar-refractivity contribution in [3.63, 3.8) is 0 Å². The fourth-order valence-corrected chi connectivity index (χ4v) is 2.13. The van der Waals surface area contributed by atoms with Gasteiger partial charge in [0.2, 0.25) is 0 Å². The molecule has 0 fully saturated rings. The van der Waals surface area contributed by atoms with Gasteiger partial charge in [0.15, 0.2) is 0 Å². The molecule has 2 nitrogen and oxygen atoms in total. The van der Waals surface area contributed by atoms with Crippen LogP contribution in [0.4, 0.5) is 17.6 Å². The van der Waals surface area contributed by atoms with Gasteiger partial charge in [0.1, 0.15) is 5.82 Å². The van der Waals surface area contributed by atoms with Crippen LogP contribution in [-0.4, -0.2) is 35.8 Å². The molecule has 1 unspecified atom stereocenters. The molecule has 21 heavy (non-hydrogen) atoms. The highest BCUT2D eigenvalue weighted by atomic mass is 19.4. The summed E-state index contributed by atoms with van der Waals surface area (Å²) in [5, 5.41) is 9.98. The number of hydrogen-bond donors (Lipinski definition) is 1. The van der Waals surface area contributed by atoms with Crippen molar-refractivity contribution in [3.05, 3.63) is 35.1 Å². The van der Waals surface area contributed by atoms with Crippen molar-refractivity contribution in [3.8, 4) is 0 Å². The van der Waals surface area contributed by atoms with Crippen LogP contribution in [0.25, 0.3) is 0 Å². The molecular weight excluding hydrogens is 286 g/mol. The van der Waals surface area contributed by atoms with Crippen LogP contribution in [0.2, 0.25) is 0 Å². The summed E-state index contributed by atoms with van der Waals surface area (Å²) in [6, 6.07) is 4.37. The van der Waals surface area contributed by atoms with Gasteiger partial charge in [-0.15, -0.1) is 0 Å². The van der Waals surface area contributed by atoms with Crippen LogP contribution < -0.4 is 0 Å². The van der Waals surface area contributed by atoms with E-state index in [9.17, 15) is 22.7 Å². The predicted molar refractivity (Wildman–Crippen MR) is 73.5 cm³/mol. The predicted octanol–water partition coefficient (Wildman–Crippen LogP) is 3.83. The van der Waals surface area contributed by atoms with Crippen LogP contribution in [0.1, 0.15) is 37.0 Å². The molecule has 0 spiro atoms. The normalized spacial score (nSPS) is 13.7. The molecule has 0 saturated heterocycles. The first kappa shape index (κ1) is 17.9. The first-order valence-corrected chi connectivity index (χ1v) is 6.96. The van der Waals surface area contributed by atoms with E-state index in [2.05, 4.69) is 0 Å². The van der Waals surface area contributed by atoms with Gasteiger partial charge in [-0.1, -0.05) is 19.1 Å². The Morgan fingerprint density at radius 2 is 1.90 bits per heavy atom. The minimum Gasteiger partial charge on any atom is -0.388 e. The summed E-state index contributed by atoms with van der Waals surface area (Å²) in [5.74, 6) is -0.424.